The zero-order valence-corrected chi connectivity index (χ0v) is 13.4. The number of halogens is 1. The van der Waals surface area contributed by atoms with Crippen LogP contribution >= 0.6 is 0 Å². The molecule has 0 aliphatic carbocycles. The van der Waals surface area contributed by atoms with Crippen molar-refractivity contribution in [2.24, 2.45) is 0 Å². The van der Waals surface area contributed by atoms with Gasteiger partial charge in [0.25, 0.3) is 5.91 Å². The summed E-state index contributed by atoms with van der Waals surface area (Å²) < 4.78 is 12.9. The minimum atomic E-state index is -0.311. The van der Waals surface area contributed by atoms with E-state index in [9.17, 15) is 9.18 Å². The lowest BCUT2D eigenvalue weighted by Gasteiger charge is -2.07. The van der Waals surface area contributed by atoms with Gasteiger partial charge in [-0.3, -0.25) is 4.79 Å². The molecule has 0 bridgehead atoms. The molecule has 0 saturated heterocycles. The average molecular weight is 336 g/mol. The largest absolute Gasteiger partial charge is 0.352 e. The van der Waals surface area contributed by atoms with Gasteiger partial charge >= 0.3 is 0 Å². The van der Waals surface area contributed by atoms with Crippen molar-refractivity contribution in [3.05, 3.63) is 83.9 Å². The third kappa shape index (κ3) is 4.84. The Hall–Kier alpha value is -3.28. The second-order valence-corrected chi connectivity index (χ2v) is 5.42. The Morgan fingerprint density at radius 1 is 0.960 bits per heavy atom. The molecule has 5 nitrogen and oxygen atoms in total. The van der Waals surface area contributed by atoms with E-state index in [0.29, 0.717) is 23.7 Å². The molecular formula is C19H17FN4O. The van der Waals surface area contributed by atoms with Crippen LogP contribution in [0.5, 0.6) is 0 Å². The Labute approximate surface area is 145 Å². The molecule has 25 heavy (non-hydrogen) atoms. The molecule has 1 amide bonds. The van der Waals surface area contributed by atoms with Crippen LogP contribution in [0, 0.1) is 5.82 Å². The number of amides is 1. The van der Waals surface area contributed by atoms with Crippen molar-refractivity contribution < 1.29 is 9.18 Å². The van der Waals surface area contributed by atoms with Crippen molar-refractivity contribution in [1.82, 2.24) is 15.3 Å². The van der Waals surface area contributed by atoms with Crippen molar-refractivity contribution in [3.63, 3.8) is 0 Å². The molecular weight excluding hydrogens is 319 g/mol. The summed E-state index contributed by atoms with van der Waals surface area (Å²) in [5.74, 6) is -0.189. The maximum atomic E-state index is 12.9. The highest BCUT2D eigenvalue weighted by molar-refractivity contribution is 5.93. The summed E-state index contributed by atoms with van der Waals surface area (Å²) in [7, 11) is 0. The number of nitrogens with one attached hydrogen (secondary N) is 2. The first kappa shape index (κ1) is 16.6. The Balaban J connectivity index is 1.52. The zero-order valence-electron chi connectivity index (χ0n) is 13.4. The number of aromatic nitrogens is 2. The summed E-state index contributed by atoms with van der Waals surface area (Å²) in [6.07, 6.45) is 3.67. The molecule has 1 heterocycles. The van der Waals surface area contributed by atoms with Gasteiger partial charge in [0.1, 0.15) is 5.82 Å². The summed E-state index contributed by atoms with van der Waals surface area (Å²) >= 11 is 0. The molecule has 3 aromatic rings. The van der Waals surface area contributed by atoms with Crippen LogP contribution in [-0.2, 0) is 6.42 Å². The van der Waals surface area contributed by atoms with Crippen LogP contribution in [0.2, 0.25) is 0 Å². The van der Waals surface area contributed by atoms with Crippen molar-refractivity contribution in [3.8, 4) is 0 Å². The Kier molecular flexibility index (Phi) is 5.31. The van der Waals surface area contributed by atoms with E-state index in [1.165, 1.54) is 24.5 Å². The maximum absolute atomic E-state index is 12.9. The van der Waals surface area contributed by atoms with Gasteiger partial charge in [-0.25, -0.2) is 14.4 Å². The summed E-state index contributed by atoms with van der Waals surface area (Å²) in [5.41, 5.74) is 2.22. The molecule has 0 aliphatic rings. The number of anilines is 2. The van der Waals surface area contributed by atoms with E-state index < -0.39 is 0 Å². The predicted octanol–water partition coefficient (Wildman–Crippen LogP) is 3.33. The fourth-order valence-corrected chi connectivity index (χ4v) is 2.24. The van der Waals surface area contributed by atoms with Crippen LogP contribution in [0.4, 0.5) is 16.0 Å². The fourth-order valence-electron chi connectivity index (χ4n) is 2.24. The number of carbonyl (C=O) groups is 1. The molecule has 0 unspecified atom stereocenters. The monoisotopic (exact) mass is 336 g/mol. The summed E-state index contributed by atoms with van der Waals surface area (Å²) in [6.45, 7) is 0.540. The zero-order chi connectivity index (χ0) is 17.5. The Morgan fingerprint density at radius 2 is 1.64 bits per heavy atom. The molecule has 0 saturated carbocycles. The number of rotatable bonds is 6. The second-order valence-electron chi connectivity index (χ2n) is 5.42. The minimum Gasteiger partial charge on any atom is -0.352 e. The van der Waals surface area contributed by atoms with Crippen LogP contribution < -0.4 is 10.6 Å². The van der Waals surface area contributed by atoms with Crippen LogP contribution in [0.25, 0.3) is 0 Å². The maximum Gasteiger partial charge on any atom is 0.254 e. The van der Waals surface area contributed by atoms with Crippen molar-refractivity contribution in [2.75, 3.05) is 11.9 Å². The van der Waals surface area contributed by atoms with Gasteiger partial charge in [-0.05, 0) is 36.2 Å². The first-order valence-corrected chi connectivity index (χ1v) is 7.87. The molecule has 0 atom stereocenters. The van der Waals surface area contributed by atoms with E-state index >= 15 is 0 Å². The van der Waals surface area contributed by atoms with Crippen molar-refractivity contribution in [2.45, 2.75) is 6.42 Å². The third-order valence-corrected chi connectivity index (χ3v) is 3.56. The first-order chi connectivity index (χ1) is 12.2. The summed E-state index contributed by atoms with van der Waals surface area (Å²) in [6, 6.07) is 15.8. The molecule has 1 aromatic heterocycles. The van der Waals surface area contributed by atoms with Gasteiger partial charge in [0, 0.05) is 24.6 Å². The van der Waals surface area contributed by atoms with Crippen LogP contribution in [0.1, 0.15) is 15.9 Å². The van der Waals surface area contributed by atoms with Gasteiger partial charge in [0.2, 0.25) is 5.95 Å². The topological polar surface area (TPSA) is 66.9 Å². The number of hydrogen-bond donors (Lipinski definition) is 2. The number of hydrogen-bond acceptors (Lipinski definition) is 4. The number of nitrogens with zero attached hydrogens (tertiary/aromatic N) is 2. The lowest BCUT2D eigenvalue weighted by molar-refractivity contribution is 0.0953. The van der Waals surface area contributed by atoms with Gasteiger partial charge in [-0.2, -0.15) is 0 Å². The van der Waals surface area contributed by atoms with E-state index in [2.05, 4.69) is 20.6 Å². The van der Waals surface area contributed by atoms with Gasteiger partial charge < -0.3 is 10.6 Å². The van der Waals surface area contributed by atoms with E-state index in [1.807, 2.05) is 30.3 Å². The minimum absolute atomic E-state index is 0.218. The lowest BCUT2D eigenvalue weighted by atomic mass is 10.1. The third-order valence-electron chi connectivity index (χ3n) is 3.56. The average Bonchev–Trinajstić information content (AvgIpc) is 2.65. The van der Waals surface area contributed by atoms with Crippen molar-refractivity contribution in [1.29, 1.82) is 0 Å². The van der Waals surface area contributed by atoms with E-state index in [4.69, 9.17) is 0 Å². The second kappa shape index (κ2) is 8.01. The molecule has 0 fully saturated rings. The van der Waals surface area contributed by atoms with Gasteiger partial charge in [-0.15, -0.1) is 0 Å². The standard InChI is InChI=1S/C19H17FN4O/c20-16-6-8-17(9-7-16)24-19-22-12-15(13-23-19)18(25)21-11-10-14-4-2-1-3-5-14/h1-9,12-13H,10-11H2,(H,21,25)(H,22,23,24). The number of benzene rings is 2. The Bertz CT molecular complexity index is 820. The fraction of sp³-hybridized carbons (Fsp3) is 0.105. The molecule has 0 spiro atoms. The van der Waals surface area contributed by atoms with E-state index in [1.54, 1.807) is 12.1 Å². The summed E-state index contributed by atoms with van der Waals surface area (Å²) in [5, 5.41) is 5.78. The first-order valence-electron chi connectivity index (χ1n) is 7.87. The molecule has 2 N–H and O–H groups in total. The molecule has 3 rings (SSSR count). The van der Waals surface area contributed by atoms with Crippen LogP contribution in [-0.4, -0.2) is 22.4 Å². The van der Waals surface area contributed by atoms with Gasteiger partial charge in [0.05, 0.1) is 5.56 Å². The van der Waals surface area contributed by atoms with Gasteiger partial charge in [0.15, 0.2) is 0 Å². The SMILES string of the molecule is O=C(NCCc1ccccc1)c1cnc(Nc2ccc(F)cc2)nc1. The quantitative estimate of drug-likeness (QED) is 0.724. The number of carbonyl (C=O) groups excluding carboxylic acids is 1. The molecule has 0 aliphatic heterocycles. The lowest BCUT2D eigenvalue weighted by Crippen LogP contribution is -2.26. The Morgan fingerprint density at radius 3 is 2.32 bits per heavy atom. The predicted molar refractivity (Wildman–Crippen MR) is 94.2 cm³/mol. The summed E-state index contributed by atoms with van der Waals surface area (Å²) in [4.78, 5) is 20.3. The molecule has 6 heteroatoms. The van der Waals surface area contributed by atoms with Gasteiger partial charge in [-0.1, -0.05) is 30.3 Å². The molecule has 2 aromatic carbocycles. The van der Waals surface area contributed by atoms with Crippen LogP contribution in [0.3, 0.4) is 0 Å². The highest BCUT2D eigenvalue weighted by atomic mass is 19.1. The van der Waals surface area contributed by atoms with Crippen LogP contribution in [0.15, 0.2) is 67.0 Å². The van der Waals surface area contributed by atoms with E-state index in [0.717, 1.165) is 12.0 Å². The highest BCUT2D eigenvalue weighted by Gasteiger charge is 2.07. The molecule has 0 radical (unpaired) electrons. The smallest absolute Gasteiger partial charge is 0.254 e. The highest BCUT2D eigenvalue weighted by Crippen LogP contribution is 2.13. The molecule has 126 valence electrons. The van der Waals surface area contributed by atoms with Crippen molar-refractivity contribution >= 4 is 17.5 Å². The van der Waals surface area contributed by atoms with E-state index in [-0.39, 0.29) is 11.7 Å². The normalized spacial score (nSPS) is 10.3.